The van der Waals surface area contributed by atoms with Crippen molar-refractivity contribution in [3.05, 3.63) is 62.4 Å². The lowest BCUT2D eigenvalue weighted by atomic mass is 10.1. The van der Waals surface area contributed by atoms with Crippen LogP contribution >= 0.6 is 0 Å². The van der Waals surface area contributed by atoms with Gasteiger partial charge in [0.15, 0.2) is 0 Å². The van der Waals surface area contributed by atoms with Crippen LogP contribution in [0.1, 0.15) is 24.0 Å². The number of nitrogens with zero attached hydrogens (tertiary/aromatic N) is 3. The summed E-state index contributed by atoms with van der Waals surface area (Å²) in [6.45, 7) is 4.10. The first-order chi connectivity index (χ1) is 12.9. The minimum Gasteiger partial charge on any atom is -0.372 e. The zero-order chi connectivity index (χ0) is 19.6. The number of carbonyl (C=O) groups excluding carboxylic acids is 1. The van der Waals surface area contributed by atoms with E-state index in [4.69, 9.17) is 0 Å². The quantitative estimate of drug-likeness (QED) is 0.833. The van der Waals surface area contributed by atoms with Crippen LogP contribution in [0.4, 0.5) is 11.4 Å². The zero-order valence-corrected chi connectivity index (χ0v) is 15.9. The van der Waals surface area contributed by atoms with Crippen LogP contribution in [-0.2, 0) is 18.9 Å². The van der Waals surface area contributed by atoms with E-state index in [1.165, 1.54) is 48.5 Å². The Morgan fingerprint density at radius 1 is 1.15 bits per heavy atom. The molecule has 2 heterocycles. The Morgan fingerprint density at radius 2 is 1.85 bits per heavy atom. The van der Waals surface area contributed by atoms with E-state index in [0.29, 0.717) is 0 Å². The largest absolute Gasteiger partial charge is 0.372 e. The molecule has 1 aliphatic heterocycles. The van der Waals surface area contributed by atoms with Gasteiger partial charge in [-0.15, -0.1) is 0 Å². The highest BCUT2D eigenvalue weighted by molar-refractivity contribution is 6.02. The third-order valence-electron chi connectivity index (χ3n) is 4.83. The normalized spacial score (nSPS) is 14.1. The second-order valence-electron chi connectivity index (χ2n) is 6.86. The summed E-state index contributed by atoms with van der Waals surface area (Å²) in [5, 5.41) is 2.84. The molecule has 0 aliphatic carbocycles. The summed E-state index contributed by atoms with van der Waals surface area (Å²) < 4.78 is 2.32. The van der Waals surface area contributed by atoms with Crippen molar-refractivity contribution in [2.24, 2.45) is 14.1 Å². The number of anilines is 2. The van der Waals surface area contributed by atoms with Gasteiger partial charge in [0.2, 0.25) is 5.91 Å². The third kappa shape index (κ3) is 4.02. The number of aryl methyl sites for hydroxylation is 2. The maximum absolute atomic E-state index is 12.2. The molecule has 1 aromatic heterocycles. The number of aromatic nitrogens is 2. The second kappa shape index (κ2) is 7.65. The van der Waals surface area contributed by atoms with Crippen molar-refractivity contribution in [3.63, 3.8) is 0 Å². The molecule has 1 aromatic carbocycles. The monoisotopic (exact) mass is 368 g/mol. The number of nitrogens with one attached hydrogen (secondary N) is 1. The van der Waals surface area contributed by atoms with Gasteiger partial charge in [0.05, 0.1) is 5.56 Å². The molecule has 1 N–H and O–H groups in total. The number of hydrogen-bond donors (Lipinski definition) is 1. The fourth-order valence-corrected chi connectivity index (χ4v) is 3.25. The molecule has 0 unspecified atom stereocenters. The molecule has 1 amide bonds. The average molecular weight is 368 g/mol. The van der Waals surface area contributed by atoms with Crippen molar-refractivity contribution in [1.29, 1.82) is 0 Å². The fraction of sp³-hybridized carbons (Fsp3) is 0.350. The molecular weight excluding hydrogens is 344 g/mol. The van der Waals surface area contributed by atoms with Crippen LogP contribution in [0.3, 0.4) is 0 Å². The Bertz CT molecular complexity index is 1010. The molecule has 0 bridgehead atoms. The highest BCUT2D eigenvalue weighted by Crippen LogP contribution is 2.25. The molecule has 2 aromatic rings. The molecular formula is C20H24N4O3. The number of hydrogen-bond acceptors (Lipinski definition) is 4. The van der Waals surface area contributed by atoms with Gasteiger partial charge < -0.3 is 14.8 Å². The summed E-state index contributed by atoms with van der Waals surface area (Å²) in [5.41, 5.74) is 2.33. The standard InChI is InChI=1S/C20H24N4O3/c1-14-12-16(24-10-4-5-11-24)7-8-17(14)21-18(25)9-6-15-13-22(2)20(27)23(3)19(15)26/h6-9,12-13H,4-5,10-11H2,1-3H3,(H,21,25)/b9-6+. The number of benzene rings is 1. The van der Waals surface area contributed by atoms with Gasteiger partial charge in [0.25, 0.3) is 5.56 Å². The smallest absolute Gasteiger partial charge is 0.330 e. The molecule has 7 nitrogen and oxygen atoms in total. The van der Waals surface area contributed by atoms with Crippen molar-refractivity contribution >= 4 is 23.4 Å². The van der Waals surface area contributed by atoms with E-state index in [0.717, 1.165) is 28.9 Å². The van der Waals surface area contributed by atoms with Gasteiger partial charge in [-0.1, -0.05) is 0 Å². The summed E-state index contributed by atoms with van der Waals surface area (Å²) in [6.07, 6.45) is 6.57. The van der Waals surface area contributed by atoms with Crippen LogP contribution in [0.25, 0.3) is 6.08 Å². The van der Waals surface area contributed by atoms with Gasteiger partial charge in [-0.25, -0.2) is 4.79 Å². The Labute approximate surface area is 157 Å². The molecule has 0 atom stereocenters. The predicted molar refractivity (Wildman–Crippen MR) is 107 cm³/mol. The SMILES string of the molecule is Cc1cc(N2CCCC2)ccc1NC(=O)/C=C/c1cn(C)c(=O)n(C)c1=O. The molecule has 0 radical (unpaired) electrons. The van der Waals surface area contributed by atoms with Crippen LogP contribution in [-0.4, -0.2) is 28.1 Å². The molecule has 0 spiro atoms. The van der Waals surface area contributed by atoms with Gasteiger partial charge in [-0.05, 0) is 49.6 Å². The first-order valence-electron chi connectivity index (χ1n) is 8.98. The van der Waals surface area contributed by atoms with Crippen molar-refractivity contribution in [2.45, 2.75) is 19.8 Å². The predicted octanol–water partition coefficient (Wildman–Crippen LogP) is 1.64. The highest BCUT2D eigenvalue weighted by atomic mass is 16.2. The second-order valence-corrected chi connectivity index (χ2v) is 6.86. The van der Waals surface area contributed by atoms with Crippen molar-refractivity contribution in [1.82, 2.24) is 9.13 Å². The van der Waals surface area contributed by atoms with Crippen molar-refractivity contribution in [3.8, 4) is 0 Å². The van der Waals surface area contributed by atoms with Crippen LogP contribution in [0.5, 0.6) is 0 Å². The maximum atomic E-state index is 12.2. The van der Waals surface area contributed by atoms with E-state index in [9.17, 15) is 14.4 Å². The number of rotatable bonds is 4. The molecule has 0 saturated carbocycles. The molecule has 1 fully saturated rings. The molecule has 142 valence electrons. The van der Waals surface area contributed by atoms with Gasteiger partial charge in [-0.2, -0.15) is 0 Å². The third-order valence-corrected chi connectivity index (χ3v) is 4.83. The number of carbonyl (C=O) groups is 1. The van der Waals surface area contributed by atoms with Gasteiger partial charge >= 0.3 is 5.69 Å². The highest BCUT2D eigenvalue weighted by Gasteiger charge is 2.13. The van der Waals surface area contributed by atoms with E-state index in [1.807, 2.05) is 19.1 Å². The summed E-state index contributed by atoms with van der Waals surface area (Å²) in [7, 11) is 2.97. The molecule has 1 saturated heterocycles. The Balaban J connectivity index is 1.73. The Hall–Kier alpha value is -3.09. The summed E-state index contributed by atoms with van der Waals surface area (Å²) >= 11 is 0. The molecule has 7 heteroatoms. The van der Waals surface area contributed by atoms with E-state index in [1.54, 1.807) is 7.05 Å². The fourth-order valence-electron chi connectivity index (χ4n) is 3.25. The summed E-state index contributed by atoms with van der Waals surface area (Å²) in [6, 6.07) is 5.99. The van der Waals surface area contributed by atoms with Crippen molar-refractivity contribution in [2.75, 3.05) is 23.3 Å². The van der Waals surface area contributed by atoms with Crippen LogP contribution < -0.4 is 21.5 Å². The average Bonchev–Trinajstić information content (AvgIpc) is 3.18. The number of amides is 1. The lowest BCUT2D eigenvalue weighted by Crippen LogP contribution is -2.37. The zero-order valence-electron chi connectivity index (χ0n) is 15.9. The van der Waals surface area contributed by atoms with Gasteiger partial charge in [0.1, 0.15) is 0 Å². The van der Waals surface area contributed by atoms with E-state index in [2.05, 4.69) is 16.3 Å². The van der Waals surface area contributed by atoms with Crippen LogP contribution in [0.2, 0.25) is 0 Å². The van der Waals surface area contributed by atoms with Crippen LogP contribution in [0, 0.1) is 6.92 Å². The Kier molecular flexibility index (Phi) is 5.30. The maximum Gasteiger partial charge on any atom is 0.330 e. The lowest BCUT2D eigenvalue weighted by molar-refractivity contribution is -0.111. The van der Waals surface area contributed by atoms with Crippen LogP contribution in [0.15, 0.2) is 40.1 Å². The molecule has 3 rings (SSSR count). The summed E-state index contributed by atoms with van der Waals surface area (Å²) in [5.74, 6) is -0.331. The first kappa shape index (κ1) is 18.7. The molecule has 1 aliphatic rings. The van der Waals surface area contributed by atoms with Gasteiger partial charge in [0, 0.05) is 50.8 Å². The minimum atomic E-state index is -0.437. The van der Waals surface area contributed by atoms with E-state index in [-0.39, 0.29) is 11.5 Å². The Morgan fingerprint density at radius 3 is 2.52 bits per heavy atom. The molecule has 27 heavy (non-hydrogen) atoms. The lowest BCUT2D eigenvalue weighted by Gasteiger charge is -2.19. The first-order valence-corrected chi connectivity index (χ1v) is 8.98. The topological polar surface area (TPSA) is 76.3 Å². The summed E-state index contributed by atoms with van der Waals surface area (Å²) in [4.78, 5) is 38.4. The minimum absolute atomic E-state index is 0.274. The van der Waals surface area contributed by atoms with E-state index < -0.39 is 11.2 Å². The van der Waals surface area contributed by atoms with Gasteiger partial charge in [-0.3, -0.25) is 14.2 Å². The van der Waals surface area contributed by atoms with Crippen molar-refractivity contribution < 1.29 is 4.79 Å². The van der Waals surface area contributed by atoms with E-state index >= 15 is 0 Å².